The van der Waals surface area contributed by atoms with E-state index in [4.69, 9.17) is 10.6 Å². The van der Waals surface area contributed by atoms with Crippen LogP contribution < -0.4 is 16.6 Å². The molecule has 1 aromatic rings. The van der Waals surface area contributed by atoms with Crippen LogP contribution in [-0.2, 0) is 4.74 Å². The van der Waals surface area contributed by atoms with Crippen molar-refractivity contribution in [3.8, 4) is 0 Å². The first-order valence-corrected chi connectivity index (χ1v) is 6.41. The minimum Gasteiger partial charge on any atom is -0.373 e. The minimum atomic E-state index is 0.332. The van der Waals surface area contributed by atoms with Gasteiger partial charge in [-0.15, -0.1) is 0 Å². The highest BCUT2D eigenvalue weighted by molar-refractivity contribution is 5.57. The number of fused-ring (bicyclic) bond motifs is 2. The number of hydrogen-bond donors (Lipinski definition) is 3. The average molecular weight is 249 g/mol. The highest BCUT2D eigenvalue weighted by Gasteiger charge is 2.41. The van der Waals surface area contributed by atoms with Crippen molar-refractivity contribution in [3.05, 3.63) is 11.4 Å². The number of nitrogens with zero attached hydrogens (tertiary/aromatic N) is 2. The molecule has 2 saturated heterocycles. The predicted molar refractivity (Wildman–Crippen MR) is 69.2 cm³/mol. The maximum atomic E-state index is 5.84. The van der Waals surface area contributed by atoms with Crippen molar-refractivity contribution in [2.75, 3.05) is 10.7 Å². The molecule has 18 heavy (non-hydrogen) atoms. The fourth-order valence-corrected chi connectivity index (χ4v) is 2.87. The third-order valence-corrected chi connectivity index (χ3v) is 3.82. The monoisotopic (exact) mass is 249 g/mol. The minimum absolute atomic E-state index is 0.332. The third kappa shape index (κ3) is 1.91. The quantitative estimate of drug-likeness (QED) is 0.549. The molecule has 3 atom stereocenters. The first-order valence-electron chi connectivity index (χ1n) is 6.41. The van der Waals surface area contributed by atoms with Crippen LogP contribution in [0.3, 0.4) is 0 Å². The second-order valence-electron chi connectivity index (χ2n) is 5.10. The van der Waals surface area contributed by atoms with E-state index in [1.165, 1.54) is 6.42 Å². The van der Waals surface area contributed by atoms with E-state index in [-0.39, 0.29) is 0 Å². The Hall–Kier alpha value is -1.40. The normalized spacial score (nSPS) is 29.6. The van der Waals surface area contributed by atoms with Crippen molar-refractivity contribution >= 4 is 11.6 Å². The number of anilines is 2. The summed E-state index contributed by atoms with van der Waals surface area (Å²) in [6.07, 6.45) is 4.17. The van der Waals surface area contributed by atoms with Gasteiger partial charge in [-0.2, -0.15) is 0 Å². The Balaban J connectivity index is 1.82. The van der Waals surface area contributed by atoms with Crippen LogP contribution in [0.15, 0.2) is 0 Å². The maximum Gasteiger partial charge on any atom is 0.148 e. The van der Waals surface area contributed by atoms with Gasteiger partial charge in [-0.1, -0.05) is 0 Å². The molecule has 0 aromatic carbocycles. The number of nitrogen functional groups attached to an aromatic ring is 1. The summed E-state index contributed by atoms with van der Waals surface area (Å²) in [5.41, 5.74) is 3.56. The van der Waals surface area contributed by atoms with Crippen LogP contribution in [0.4, 0.5) is 11.6 Å². The molecule has 0 radical (unpaired) electrons. The van der Waals surface area contributed by atoms with Gasteiger partial charge < -0.3 is 15.5 Å². The van der Waals surface area contributed by atoms with E-state index in [0.29, 0.717) is 29.9 Å². The van der Waals surface area contributed by atoms with Crippen molar-refractivity contribution in [2.24, 2.45) is 5.84 Å². The number of hydrogen-bond acceptors (Lipinski definition) is 6. The second-order valence-corrected chi connectivity index (χ2v) is 5.10. The Morgan fingerprint density at radius 1 is 1.22 bits per heavy atom. The Kier molecular flexibility index (Phi) is 2.83. The third-order valence-electron chi connectivity index (χ3n) is 3.82. The van der Waals surface area contributed by atoms with E-state index in [0.717, 1.165) is 24.2 Å². The average Bonchev–Trinajstić information content (AvgIpc) is 2.95. The van der Waals surface area contributed by atoms with Gasteiger partial charge in [-0.3, -0.25) is 0 Å². The standard InChI is InChI=1S/C12H19N5O/c1-6-11(14-7(2)15-12(6)17-13)16-9-5-8-3-4-10(9)18-8/h8-10H,3-5,13H2,1-2H3,(H2,14,15,16,17). The Bertz CT molecular complexity index is 464. The summed E-state index contributed by atoms with van der Waals surface area (Å²) in [5, 5.41) is 3.48. The van der Waals surface area contributed by atoms with Gasteiger partial charge in [-0.05, 0) is 33.1 Å². The van der Waals surface area contributed by atoms with Gasteiger partial charge in [0, 0.05) is 5.56 Å². The largest absolute Gasteiger partial charge is 0.373 e. The molecule has 0 amide bonds. The molecule has 6 nitrogen and oxygen atoms in total. The molecule has 6 heteroatoms. The topological polar surface area (TPSA) is 85.1 Å². The van der Waals surface area contributed by atoms with Crippen LogP contribution in [0, 0.1) is 13.8 Å². The molecule has 98 valence electrons. The summed E-state index contributed by atoms with van der Waals surface area (Å²) in [5.74, 6) is 7.71. The van der Waals surface area contributed by atoms with E-state index < -0.39 is 0 Å². The van der Waals surface area contributed by atoms with E-state index in [2.05, 4.69) is 20.7 Å². The fraction of sp³-hybridized carbons (Fsp3) is 0.667. The Morgan fingerprint density at radius 2 is 2.00 bits per heavy atom. The summed E-state index contributed by atoms with van der Waals surface area (Å²) >= 11 is 0. The molecule has 2 bridgehead atoms. The number of rotatable bonds is 3. The molecule has 2 aliphatic rings. The van der Waals surface area contributed by atoms with Crippen LogP contribution >= 0.6 is 0 Å². The van der Waals surface area contributed by atoms with Crippen LogP contribution in [0.2, 0.25) is 0 Å². The number of nitrogens with two attached hydrogens (primary N) is 1. The van der Waals surface area contributed by atoms with Crippen LogP contribution in [0.1, 0.15) is 30.7 Å². The summed E-state index contributed by atoms with van der Waals surface area (Å²) in [6.45, 7) is 3.83. The lowest BCUT2D eigenvalue weighted by molar-refractivity contribution is 0.102. The van der Waals surface area contributed by atoms with Crippen molar-refractivity contribution < 1.29 is 4.74 Å². The smallest absolute Gasteiger partial charge is 0.148 e. The maximum absolute atomic E-state index is 5.84. The SMILES string of the molecule is Cc1nc(NN)c(C)c(NC2CC3CCC2O3)n1. The van der Waals surface area contributed by atoms with Gasteiger partial charge in [0.15, 0.2) is 0 Å². The molecule has 4 N–H and O–H groups in total. The molecular weight excluding hydrogens is 230 g/mol. The fourth-order valence-electron chi connectivity index (χ4n) is 2.87. The van der Waals surface area contributed by atoms with Crippen molar-refractivity contribution in [1.82, 2.24) is 9.97 Å². The lowest BCUT2D eigenvalue weighted by Crippen LogP contribution is -2.31. The zero-order valence-corrected chi connectivity index (χ0v) is 10.7. The van der Waals surface area contributed by atoms with E-state index in [1.807, 2.05) is 13.8 Å². The number of aryl methyl sites for hydroxylation is 1. The van der Waals surface area contributed by atoms with Gasteiger partial charge in [0.25, 0.3) is 0 Å². The zero-order chi connectivity index (χ0) is 12.7. The van der Waals surface area contributed by atoms with Gasteiger partial charge in [0.2, 0.25) is 0 Å². The summed E-state index contributed by atoms with van der Waals surface area (Å²) in [4.78, 5) is 8.71. The molecule has 3 heterocycles. The number of aromatic nitrogens is 2. The van der Waals surface area contributed by atoms with Gasteiger partial charge in [0.05, 0.1) is 18.2 Å². The predicted octanol–water partition coefficient (Wildman–Crippen LogP) is 1.11. The van der Waals surface area contributed by atoms with E-state index in [9.17, 15) is 0 Å². The highest BCUT2D eigenvalue weighted by atomic mass is 16.5. The molecule has 1 aromatic heterocycles. The molecule has 0 saturated carbocycles. The zero-order valence-electron chi connectivity index (χ0n) is 10.7. The summed E-state index contributed by atoms with van der Waals surface area (Å²) < 4.78 is 5.84. The number of hydrazine groups is 1. The second kappa shape index (κ2) is 4.37. The summed E-state index contributed by atoms with van der Waals surface area (Å²) in [6, 6.07) is 0.363. The van der Waals surface area contributed by atoms with Crippen molar-refractivity contribution in [2.45, 2.75) is 51.4 Å². The first kappa shape index (κ1) is 11.7. The van der Waals surface area contributed by atoms with Crippen LogP contribution in [0.5, 0.6) is 0 Å². The van der Waals surface area contributed by atoms with Gasteiger partial charge in [0.1, 0.15) is 17.5 Å². The van der Waals surface area contributed by atoms with Crippen molar-refractivity contribution in [1.29, 1.82) is 0 Å². The van der Waals surface area contributed by atoms with Crippen molar-refractivity contribution in [3.63, 3.8) is 0 Å². The van der Waals surface area contributed by atoms with Gasteiger partial charge in [-0.25, -0.2) is 15.8 Å². The molecule has 2 aliphatic heterocycles. The van der Waals surface area contributed by atoms with Crippen LogP contribution in [0.25, 0.3) is 0 Å². The molecule has 0 spiro atoms. The van der Waals surface area contributed by atoms with Crippen LogP contribution in [-0.4, -0.2) is 28.2 Å². The molecule has 2 fully saturated rings. The molecule has 3 rings (SSSR count). The molecule has 3 unspecified atom stereocenters. The first-order chi connectivity index (χ1) is 8.67. The highest BCUT2D eigenvalue weighted by Crippen LogP contribution is 2.36. The lowest BCUT2D eigenvalue weighted by atomic mass is 9.95. The Labute approximate surface area is 106 Å². The summed E-state index contributed by atoms with van der Waals surface area (Å²) in [7, 11) is 0. The van der Waals surface area contributed by atoms with E-state index >= 15 is 0 Å². The van der Waals surface area contributed by atoms with E-state index in [1.54, 1.807) is 0 Å². The van der Waals surface area contributed by atoms with Gasteiger partial charge >= 0.3 is 0 Å². The molecular formula is C12H19N5O. The Morgan fingerprint density at radius 3 is 2.61 bits per heavy atom. The number of nitrogens with one attached hydrogen (secondary N) is 2. The molecule has 0 aliphatic carbocycles. The number of ether oxygens (including phenoxy) is 1. The lowest BCUT2D eigenvalue weighted by Gasteiger charge is -2.22.